The van der Waals surface area contributed by atoms with Crippen LogP contribution in [0, 0.1) is 6.92 Å². The van der Waals surface area contributed by atoms with E-state index in [-0.39, 0.29) is 38.4 Å². The Hall–Kier alpha value is -2.48. The summed E-state index contributed by atoms with van der Waals surface area (Å²) in [7, 11) is 0. The number of benzene rings is 1. The number of aromatic nitrogens is 2. The molecule has 0 aliphatic carbocycles. The van der Waals surface area contributed by atoms with E-state index in [1.54, 1.807) is 0 Å². The lowest BCUT2D eigenvalue weighted by Crippen LogP contribution is -2.30. The predicted molar refractivity (Wildman–Crippen MR) is 87.8 cm³/mol. The van der Waals surface area contributed by atoms with Gasteiger partial charge in [-0.2, -0.15) is 0 Å². The zero-order chi connectivity index (χ0) is 18.0. The number of carboxylic acids is 1. The van der Waals surface area contributed by atoms with Crippen LogP contribution in [0.15, 0.2) is 18.2 Å². The molecule has 134 valence electrons. The molecule has 1 aromatic carbocycles. The van der Waals surface area contributed by atoms with Crippen molar-refractivity contribution in [3.05, 3.63) is 29.6 Å². The zero-order valence-electron chi connectivity index (χ0n) is 13.9. The van der Waals surface area contributed by atoms with Gasteiger partial charge in [0, 0.05) is 13.0 Å². The highest BCUT2D eigenvalue weighted by Crippen LogP contribution is 2.20. The van der Waals surface area contributed by atoms with Crippen molar-refractivity contribution in [1.29, 1.82) is 0 Å². The molecule has 0 bridgehead atoms. The van der Waals surface area contributed by atoms with Crippen molar-refractivity contribution < 1.29 is 23.8 Å². The second kappa shape index (κ2) is 7.18. The third kappa shape index (κ3) is 4.14. The number of carboxylic acid groups (broad SMARTS) is 1. The molecule has 2 heterocycles. The van der Waals surface area contributed by atoms with Crippen LogP contribution in [0.25, 0.3) is 11.0 Å². The maximum absolute atomic E-state index is 14.1. The highest BCUT2D eigenvalue weighted by Gasteiger charge is 2.36. The van der Waals surface area contributed by atoms with Gasteiger partial charge in [-0.15, -0.1) is 0 Å². The Labute approximate surface area is 143 Å². The number of likely N-dealkylation sites (tertiary alicyclic amines) is 1. The fourth-order valence-electron chi connectivity index (χ4n) is 2.90. The fourth-order valence-corrected chi connectivity index (χ4v) is 2.90. The first-order valence-electron chi connectivity index (χ1n) is 8.13. The van der Waals surface area contributed by atoms with Crippen molar-refractivity contribution >= 4 is 22.9 Å². The third-order valence-electron chi connectivity index (χ3n) is 4.22. The van der Waals surface area contributed by atoms with Crippen LogP contribution in [0.2, 0.25) is 0 Å². The fraction of sp³-hybridized carbons (Fsp3) is 0.471. The number of ether oxygens (including phenoxy) is 1. The van der Waals surface area contributed by atoms with Crippen molar-refractivity contribution in [2.75, 3.05) is 13.1 Å². The average molecular weight is 349 g/mol. The number of rotatable bonds is 6. The van der Waals surface area contributed by atoms with Crippen LogP contribution >= 0.6 is 0 Å². The van der Waals surface area contributed by atoms with Crippen LogP contribution in [0.4, 0.5) is 4.39 Å². The van der Waals surface area contributed by atoms with Crippen molar-refractivity contribution in [3.8, 4) is 0 Å². The Kier molecular flexibility index (Phi) is 4.98. The number of nitrogens with one attached hydrogen (secondary N) is 1. The Morgan fingerprint density at radius 3 is 2.96 bits per heavy atom. The molecule has 2 atom stereocenters. The van der Waals surface area contributed by atoms with E-state index in [2.05, 4.69) is 9.97 Å². The number of halogens is 1. The second-order valence-corrected chi connectivity index (χ2v) is 6.26. The summed E-state index contributed by atoms with van der Waals surface area (Å²) in [5, 5.41) is 8.62. The van der Waals surface area contributed by atoms with Gasteiger partial charge in [-0.25, -0.2) is 9.37 Å². The highest BCUT2D eigenvalue weighted by atomic mass is 19.1. The van der Waals surface area contributed by atoms with E-state index >= 15 is 0 Å². The van der Waals surface area contributed by atoms with Crippen molar-refractivity contribution in [1.82, 2.24) is 14.9 Å². The number of nitrogens with zero attached hydrogens (tertiary/aromatic N) is 2. The molecule has 1 aliphatic rings. The van der Waals surface area contributed by atoms with E-state index in [1.165, 1.54) is 4.90 Å². The van der Waals surface area contributed by atoms with Gasteiger partial charge in [-0.05, 0) is 24.6 Å². The monoisotopic (exact) mass is 349 g/mol. The van der Waals surface area contributed by atoms with E-state index in [4.69, 9.17) is 9.84 Å². The molecule has 7 nitrogen and oxygen atoms in total. The third-order valence-corrected chi connectivity index (χ3v) is 4.22. The number of imidazole rings is 1. The summed E-state index contributed by atoms with van der Waals surface area (Å²) in [6.45, 7) is 2.16. The van der Waals surface area contributed by atoms with Crippen LogP contribution < -0.4 is 0 Å². The number of alkyl halides is 1. The zero-order valence-corrected chi connectivity index (χ0v) is 13.9. The Morgan fingerprint density at radius 2 is 2.20 bits per heavy atom. The van der Waals surface area contributed by atoms with Gasteiger partial charge in [-0.1, -0.05) is 6.07 Å². The first kappa shape index (κ1) is 17.3. The van der Waals surface area contributed by atoms with Crippen LogP contribution in [-0.4, -0.2) is 57.2 Å². The van der Waals surface area contributed by atoms with E-state index in [0.29, 0.717) is 5.82 Å². The number of hydrogen-bond donors (Lipinski definition) is 2. The number of hydrogen-bond acceptors (Lipinski definition) is 4. The minimum atomic E-state index is -1.29. The maximum Gasteiger partial charge on any atom is 0.303 e. The van der Waals surface area contributed by atoms with Gasteiger partial charge in [0.05, 0.1) is 24.0 Å². The first-order valence-corrected chi connectivity index (χ1v) is 8.13. The molecule has 2 unspecified atom stereocenters. The molecule has 25 heavy (non-hydrogen) atoms. The molecule has 1 saturated heterocycles. The van der Waals surface area contributed by atoms with Crippen LogP contribution in [0.1, 0.15) is 24.2 Å². The Morgan fingerprint density at radius 1 is 1.40 bits per heavy atom. The van der Waals surface area contributed by atoms with Gasteiger partial charge in [-0.3, -0.25) is 9.59 Å². The van der Waals surface area contributed by atoms with Gasteiger partial charge < -0.3 is 19.7 Å². The molecular weight excluding hydrogens is 329 g/mol. The molecule has 8 heteroatoms. The molecule has 0 spiro atoms. The van der Waals surface area contributed by atoms with Crippen LogP contribution in [-0.2, 0) is 20.9 Å². The van der Waals surface area contributed by atoms with Crippen molar-refractivity contribution in [2.24, 2.45) is 0 Å². The SMILES string of the molecule is Cc1ccc2nc(COC3CN(C(=O)CCC(=O)O)CC3F)[nH]c2c1. The number of aromatic amines is 1. The van der Waals surface area contributed by atoms with Gasteiger partial charge >= 0.3 is 5.97 Å². The van der Waals surface area contributed by atoms with Crippen molar-refractivity contribution in [3.63, 3.8) is 0 Å². The number of fused-ring (bicyclic) bond motifs is 1. The molecule has 0 saturated carbocycles. The van der Waals surface area contributed by atoms with E-state index in [1.807, 2.05) is 25.1 Å². The molecule has 1 aliphatic heterocycles. The topological polar surface area (TPSA) is 95.5 Å². The molecular formula is C17H20FN3O4. The average Bonchev–Trinajstić information content (AvgIpc) is 3.13. The number of carbonyl (C=O) groups is 2. The summed E-state index contributed by atoms with van der Waals surface area (Å²) in [5.41, 5.74) is 2.82. The van der Waals surface area contributed by atoms with Gasteiger partial charge in [0.2, 0.25) is 5.91 Å². The normalized spacial score (nSPS) is 20.3. The number of aryl methyl sites for hydroxylation is 1. The lowest BCUT2D eigenvalue weighted by atomic mass is 10.2. The van der Waals surface area contributed by atoms with Gasteiger partial charge in [0.15, 0.2) is 0 Å². The van der Waals surface area contributed by atoms with E-state index < -0.39 is 18.2 Å². The lowest BCUT2D eigenvalue weighted by Gasteiger charge is -2.15. The van der Waals surface area contributed by atoms with Gasteiger partial charge in [0.1, 0.15) is 24.7 Å². The number of aliphatic carboxylic acids is 1. The minimum Gasteiger partial charge on any atom is -0.481 e. The summed E-state index contributed by atoms with van der Waals surface area (Å²) in [6.07, 6.45) is -2.40. The Bertz CT molecular complexity index is 791. The Balaban J connectivity index is 1.55. The van der Waals surface area contributed by atoms with E-state index in [9.17, 15) is 14.0 Å². The number of H-pyrrole nitrogens is 1. The van der Waals surface area contributed by atoms with Crippen LogP contribution in [0.5, 0.6) is 0 Å². The molecule has 1 amide bonds. The largest absolute Gasteiger partial charge is 0.481 e. The minimum absolute atomic E-state index is 0.0670. The highest BCUT2D eigenvalue weighted by molar-refractivity contribution is 5.81. The summed E-state index contributed by atoms with van der Waals surface area (Å²) in [6, 6.07) is 5.84. The van der Waals surface area contributed by atoms with E-state index in [0.717, 1.165) is 16.6 Å². The first-order chi connectivity index (χ1) is 11.9. The molecule has 0 radical (unpaired) electrons. The van der Waals surface area contributed by atoms with Crippen LogP contribution in [0.3, 0.4) is 0 Å². The number of amides is 1. The standard InChI is InChI=1S/C17H20FN3O4/c1-10-2-3-12-13(6-10)20-15(19-12)9-25-14-8-21(7-11(14)18)16(22)4-5-17(23)24/h2-3,6,11,14H,4-5,7-9H2,1H3,(H,19,20)(H,23,24). The second-order valence-electron chi connectivity index (χ2n) is 6.26. The lowest BCUT2D eigenvalue weighted by molar-refractivity contribution is -0.140. The summed E-state index contributed by atoms with van der Waals surface area (Å²) in [4.78, 5) is 31.3. The van der Waals surface area contributed by atoms with Crippen molar-refractivity contribution in [2.45, 2.75) is 38.6 Å². The summed E-state index contributed by atoms with van der Waals surface area (Å²) >= 11 is 0. The molecule has 2 N–H and O–H groups in total. The smallest absolute Gasteiger partial charge is 0.303 e. The maximum atomic E-state index is 14.1. The molecule has 1 fully saturated rings. The van der Waals surface area contributed by atoms with Gasteiger partial charge in [0.25, 0.3) is 0 Å². The predicted octanol–water partition coefficient (Wildman–Crippen LogP) is 1.80. The molecule has 3 rings (SSSR count). The molecule has 2 aromatic rings. The summed E-state index contributed by atoms with van der Waals surface area (Å²) < 4.78 is 19.7. The number of carbonyl (C=O) groups excluding carboxylic acids is 1. The summed E-state index contributed by atoms with van der Waals surface area (Å²) in [5.74, 6) is -0.809. The quantitative estimate of drug-likeness (QED) is 0.829. The molecule has 1 aromatic heterocycles.